The average Bonchev–Trinajstić information content (AvgIpc) is 2.86. The Labute approximate surface area is 130 Å². The first-order valence-corrected chi connectivity index (χ1v) is 7.26. The van der Waals surface area contributed by atoms with Crippen LogP contribution in [0.2, 0.25) is 0 Å². The molecule has 3 heterocycles. The van der Waals surface area contributed by atoms with E-state index in [0.29, 0.717) is 27.1 Å². The maximum atomic E-state index is 12.4. The molecule has 1 aromatic rings. The fourth-order valence-corrected chi connectivity index (χ4v) is 3.28. The third-order valence-electron chi connectivity index (χ3n) is 3.27. The second-order valence-electron chi connectivity index (χ2n) is 4.64. The Hall–Kier alpha value is -2.48. The lowest BCUT2D eigenvalue weighted by Gasteiger charge is -2.09. The van der Waals surface area contributed by atoms with E-state index in [0.717, 1.165) is 0 Å². The van der Waals surface area contributed by atoms with Crippen molar-refractivity contribution >= 4 is 40.6 Å². The molecule has 7 nitrogen and oxygen atoms in total. The smallest absolute Gasteiger partial charge is 0.262 e. The van der Waals surface area contributed by atoms with Crippen molar-refractivity contribution in [3.05, 3.63) is 28.8 Å². The molecular formula is C14H12N4O3S. The van der Waals surface area contributed by atoms with Crippen molar-refractivity contribution < 1.29 is 14.3 Å². The summed E-state index contributed by atoms with van der Waals surface area (Å²) >= 11 is 1.20. The van der Waals surface area contributed by atoms with Gasteiger partial charge in [0.05, 0.1) is 28.9 Å². The lowest BCUT2D eigenvalue weighted by molar-refractivity contribution is -0.118. The van der Waals surface area contributed by atoms with E-state index in [-0.39, 0.29) is 11.8 Å². The molecule has 0 fully saturated rings. The molecule has 1 unspecified atom stereocenters. The summed E-state index contributed by atoms with van der Waals surface area (Å²) in [4.78, 5) is 36.4. The molecule has 8 heteroatoms. The van der Waals surface area contributed by atoms with Gasteiger partial charge in [-0.2, -0.15) is 0 Å². The Balaban J connectivity index is 1.79. The van der Waals surface area contributed by atoms with E-state index in [1.165, 1.54) is 31.4 Å². The van der Waals surface area contributed by atoms with Crippen LogP contribution in [0.25, 0.3) is 0 Å². The molecular weight excluding hydrogens is 304 g/mol. The molecule has 2 aliphatic rings. The van der Waals surface area contributed by atoms with Gasteiger partial charge in [0, 0.05) is 6.07 Å². The Kier molecular flexibility index (Phi) is 3.76. The third kappa shape index (κ3) is 2.52. The molecule has 2 amide bonds. The number of aliphatic imine (C=N–C) groups is 2. The minimum atomic E-state index is -0.523. The quantitative estimate of drug-likeness (QED) is 0.915. The van der Waals surface area contributed by atoms with Gasteiger partial charge in [-0.15, -0.1) is 0 Å². The molecule has 22 heavy (non-hydrogen) atoms. The lowest BCUT2D eigenvalue weighted by atomic mass is 10.00. The lowest BCUT2D eigenvalue weighted by Crippen LogP contribution is -2.21. The molecule has 0 radical (unpaired) electrons. The highest BCUT2D eigenvalue weighted by molar-refractivity contribution is 8.18. The predicted octanol–water partition coefficient (Wildman–Crippen LogP) is 1.63. The van der Waals surface area contributed by atoms with Crippen LogP contribution in [0.3, 0.4) is 0 Å². The van der Waals surface area contributed by atoms with E-state index in [9.17, 15) is 9.59 Å². The minimum Gasteiger partial charge on any atom is -0.481 e. The minimum absolute atomic E-state index is 0.288. The van der Waals surface area contributed by atoms with Crippen LogP contribution < -0.4 is 10.1 Å². The van der Waals surface area contributed by atoms with Crippen LogP contribution in [0.15, 0.2) is 38.8 Å². The number of anilines is 1. The number of nitrogens with zero attached hydrogens (tertiary/aromatic N) is 3. The van der Waals surface area contributed by atoms with Crippen LogP contribution in [0, 0.1) is 5.92 Å². The first kappa shape index (κ1) is 14.5. The number of carbonyl (C=O) groups is 2. The predicted molar refractivity (Wildman–Crippen MR) is 84.1 cm³/mol. The zero-order valence-electron chi connectivity index (χ0n) is 11.9. The molecule has 0 saturated heterocycles. The highest BCUT2D eigenvalue weighted by Crippen LogP contribution is 2.40. The SMILES string of the molecule is COc1ccc(NC(=O)C2=C(C)C3C(=O)N=CN=C3S2)cn1. The summed E-state index contributed by atoms with van der Waals surface area (Å²) in [6, 6.07) is 3.35. The molecule has 2 aliphatic heterocycles. The number of pyridine rings is 1. The van der Waals surface area contributed by atoms with Gasteiger partial charge in [-0.25, -0.2) is 15.0 Å². The molecule has 0 spiro atoms. The van der Waals surface area contributed by atoms with E-state index in [1.807, 2.05) is 0 Å². The molecule has 1 atom stereocenters. The van der Waals surface area contributed by atoms with Gasteiger partial charge in [-0.3, -0.25) is 9.59 Å². The number of fused-ring (bicyclic) bond motifs is 1. The number of hydrogen-bond acceptors (Lipinski definition) is 6. The van der Waals surface area contributed by atoms with Gasteiger partial charge in [0.2, 0.25) is 5.88 Å². The fraction of sp³-hybridized carbons (Fsp3) is 0.214. The van der Waals surface area contributed by atoms with Gasteiger partial charge in [0.25, 0.3) is 11.8 Å². The van der Waals surface area contributed by atoms with E-state index in [4.69, 9.17) is 4.74 Å². The van der Waals surface area contributed by atoms with Crippen molar-refractivity contribution in [3.63, 3.8) is 0 Å². The topological polar surface area (TPSA) is 93.0 Å². The van der Waals surface area contributed by atoms with Crippen molar-refractivity contribution in [2.45, 2.75) is 6.92 Å². The van der Waals surface area contributed by atoms with Gasteiger partial charge in [0.15, 0.2) is 0 Å². The highest BCUT2D eigenvalue weighted by Gasteiger charge is 2.38. The number of carbonyl (C=O) groups excluding carboxylic acids is 2. The Morgan fingerprint density at radius 3 is 2.86 bits per heavy atom. The Morgan fingerprint density at radius 2 is 2.23 bits per heavy atom. The Bertz CT molecular complexity index is 737. The molecule has 0 bridgehead atoms. The first-order valence-electron chi connectivity index (χ1n) is 6.44. The normalized spacial score (nSPS) is 19.8. The molecule has 0 aromatic carbocycles. The molecule has 112 valence electrons. The van der Waals surface area contributed by atoms with Crippen molar-refractivity contribution in [3.8, 4) is 5.88 Å². The maximum absolute atomic E-state index is 12.4. The molecule has 0 saturated carbocycles. The van der Waals surface area contributed by atoms with Crippen LogP contribution in [-0.2, 0) is 9.59 Å². The number of aromatic nitrogens is 1. The standard InChI is InChI=1S/C14H12N4O3S/c1-7-10-12(19)16-6-17-14(10)22-11(7)13(20)18-8-3-4-9(21-2)15-5-8/h3-6,10H,1-2H3,(H,18,20). The monoisotopic (exact) mass is 316 g/mol. The van der Waals surface area contributed by atoms with Gasteiger partial charge < -0.3 is 10.1 Å². The molecule has 1 N–H and O–H groups in total. The van der Waals surface area contributed by atoms with Crippen molar-refractivity contribution in [2.24, 2.45) is 15.9 Å². The van der Waals surface area contributed by atoms with Crippen molar-refractivity contribution in [1.29, 1.82) is 0 Å². The number of amides is 2. The van der Waals surface area contributed by atoms with E-state index in [1.54, 1.807) is 19.1 Å². The molecule has 3 rings (SSSR count). The number of rotatable bonds is 3. The zero-order chi connectivity index (χ0) is 15.7. The highest BCUT2D eigenvalue weighted by atomic mass is 32.2. The van der Waals surface area contributed by atoms with Gasteiger partial charge in [-0.1, -0.05) is 11.8 Å². The first-order chi connectivity index (χ1) is 10.6. The number of nitrogens with one attached hydrogen (secondary N) is 1. The summed E-state index contributed by atoms with van der Waals surface area (Å²) in [6.07, 6.45) is 2.73. The van der Waals surface area contributed by atoms with Crippen LogP contribution in [0.4, 0.5) is 5.69 Å². The summed E-state index contributed by atoms with van der Waals surface area (Å²) in [5, 5.41) is 3.34. The second-order valence-corrected chi connectivity index (χ2v) is 5.67. The number of thioether (sulfide) groups is 1. The molecule has 0 aliphatic carbocycles. The summed E-state index contributed by atoms with van der Waals surface area (Å²) in [5.41, 5.74) is 1.22. The van der Waals surface area contributed by atoms with Crippen molar-refractivity contribution in [2.75, 3.05) is 12.4 Å². The Morgan fingerprint density at radius 1 is 1.41 bits per heavy atom. The van der Waals surface area contributed by atoms with E-state index in [2.05, 4.69) is 20.3 Å². The summed E-state index contributed by atoms with van der Waals surface area (Å²) < 4.78 is 4.96. The van der Waals surface area contributed by atoms with Gasteiger partial charge >= 0.3 is 0 Å². The van der Waals surface area contributed by atoms with Gasteiger partial charge in [0.1, 0.15) is 12.3 Å². The largest absolute Gasteiger partial charge is 0.481 e. The molecule has 1 aromatic heterocycles. The number of hydrogen-bond donors (Lipinski definition) is 1. The maximum Gasteiger partial charge on any atom is 0.262 e. The van der Waals surface area contributed by atoms with Crippen LogP contribution >= 0.6 is 11.8 Å². The van der Waals surface area contributed by atoms with E-state index >= 15 is 0 Å². The van der Waals surface area contributed by atoms with Gasteiger partial charge in [-0.05, 0) is 18.6 Å². The number of methoxy groups -OCH3 is 1. The third-order valence-corrected chi connectivity index (χ3v) is 4.53. The van der Waals surface area contributed by atoms with Crippen LogP contribution in [-0.4, -0.2) is 35.3 Å². The summed E-state index contributed by atoms with van der Waals surface area (Å²) in [5.74, 6) is -0.639. The summed E-state index contributed by atoms with van der Waals surface area (Å²) in [6.45, 7) is 1.75. The second kappa shape index (κ2) is 5.72. The van der Waals surface area contributed by atoms with Crippen molar-refractivity contribution in [1.82, 2.24) is 4.98 Å². The average molecular weight is 316 g/mol. The van der Waals surface area contributed by atoms with Crippen LogP contribution in [0.1, 0.15) is 6.92 Å². The fourth-order valence-electron chi connectivity index (χ4n) is 2.16. The summed E-state index contributed by atoms with van der Waals surface area (Å²) in [7, 11) is 1.52. The van der Waals surface area contributed by atoms with E-state index < -0.39 is 5.92 Å². The zero-order valence-corrected chi connectivity index (χ0v) is 12.7. The van der Waals surface area contributed by atoms with Crippen LogP contribution in [0.5, 0.6) is 5.88 Å². The number of ether oxygens (including phenoxy) is 1.